The summed E-state index contributed by atoms with van der Waals surface area (Å²) < 4.78 is 11.9. The monoisotopic (exact) mass is 535 g/mol. The number of nitrogens with zero attached hydrogens (tertiary/aromatic N) is 3. The molecule has 1 aliphatic rings. The molecule has 0 saturated carbocycles. The second-order valence-corrected chi connectivity index (χ2v) is 9.96. The number of aliphatic imine (C=N–C) groups is 1. The van der Waals surface area contributed by atoms with Gasteiger partial charge in [0.25, 0.3) is 0 Å². The third-order valence-corrected chi connectivity index (χ3v) is 7.30. The molecule has 0 fully saturated rings. The summed E-state index contributed by atoms with van der Waals surface area (Å²) in [6.45, 7) is 1.33. The van der Waals surface area contributed by atoms with Crippen LogP contribution in [0.3, 0.4) is 0 Å². The smallest absolute Gasteiger partial charge is 0.235 e. The first-order chi connectivity index (χ1) is 20.2. The minimum absolute atomic E-state index is 0.309. The summed E-state index contributed by atoms with van der Waals surface area (Å²) in [4.78, 5) is 6.99. The molecule has 5 aromatic rings. The number of rotatable bonds is 8. The molecule has 41 heavy (non-hydrogen) atoms. The maximum absolute atomic E-state index is 10.5. The fourth-order valence-corrected chi connectivity index (χ4v) is 5.29. The van der Waals surface area contributed by atoms with Crippen molar-refractivity contribution in [2.24, 2.45) is 4.99 Å². The third kappa shape index (κ3) is 5.54. The first-order valence-electron chi connectivity index (χ1n) is 13.6. The van der Waals surface area contributed by atoms with E-state index in [0.29, 0.717) is 24.5 Å². The molecule has 0 radical (unpaired) electrons. The van der Waals surface area contributed by atoms with Crippen molar-refractivity contribution in [3.8, 4) is 17.6 Å². The zero-order chi connectivity index (χ0) is 28.0. The Balaban J connectivity index is 1.44. The first kappa shape index (κ1) is 25.9. The summed E-state index contributed by atoms with van der Waals surface area (Å²) in [5.74, 6) is 1.47. The van der Waals surface area contributed by atoms with Crippen LogP contribution in [0, 0.1) is 11.3 Å². The Kier molecular flexibility index (Phi) is 7.46. The molecular formula is C36H29N3O2. The lowest BCUT2D eigenvalue weighted by Crippen LogP contribution is -2.22. The van der Waals surface area contributed by atoms with Crippen LogP contribution in [0.5, 0.6) is 11.5 Å². The van der Waals surface area contributed by atoms with E-state index in [1.54, 1.807) is 13.4 Å². The summed E-state index contributed by atoms with van der Waals surface area (Å²) in [7, 11) is 1.65. The zero-order valence-electron chi connectivity index (χ0n) is 22.8. The molecule has 0 spiro atoms. The molecule has 200 valence electrons. The van der Waals surface area contributed by atoms with E-state index in [2.05, 4.69) is 59.5 Å². The van der Waals surface area contributed by atoms with Gasteiger partial charge in [0, 0.05) is 24.0 Å². The number of hydrogen-bond donors (Lipinski definition) is 0. The highest BCUT2D eigenvalue weighted by atomic mass is 16.5. The van der Waals surface area contributed by atoms with E-state index in [0.717, 1.165) is 33.4 Å². The van der Waals surface area contributed by atoms with Crippen molar-refractivity contribution >= 4 is 17.1 Å². The Morgan fingerprint density at radius 2 is 1.44 bits per heavy atom. The lowest BCUT2D eigenvalue weighted by Gasteiger charge is -2.28. The predicted molar refractivity (Wildman–Crippen MR) is 163 cm³/mol. The lowest BCUT2D eigenvalue weighted by atomic mass is 9.82. The summed E-state index contributed by atoms with van der Waals surface area (Å²) in [6.07, 6.45) is 1.80. The number of fused-ring (bicyclic) bond motifs is 3. The van der Waals surface area contributed by atoms with Gasteiger partial charge >= 0.3 is 0 Å². The highest BCUT2D eigenvalue weighted by Gasteiger charge is 2.32. The number of ether oxygens (including phenoxy) is 2. The number of benzene rings is 5. The van der Waals surface area contributed by atoms with Crippen molar-refractivity contribution in [2.45, 2.75) is 19.0 Å². The van der Waals surface area contributed by atoms with Crippen molar-refractivity contribution in [3.05, 3.63) is 155 Å². The molecule has 5 nitrogen and oxygen atoms in total. The SMILES string of the molecule is COc1ccc([C@@H]2C(C#N)=C(N=CN(Cc3ccccc3)Cc3ccccc3)Oc3c2ccc2ccccc32)cc1. The molecule has 1 heterocycles. The molecule has 0 amide bonds. The van der Waals surface area contributed by atoms with Crippen molar-refractivity contribution < 1.29 is 9.47 Å². The Hall–Kier alpha value is -5.34. The fraction of sp³-hybridized carbons (Fsp3) is 0.111. The Labute approximate surface area is 240 Å². The highest BCUT2D eigenvalue weighted by Crippen LogP contribution is 2.46. The van der Waals surface area contributed by atoms with Gasteiger partial charge < -0.3 is 14.4 Å². The molecule has 6 rings (SSSR count). The Bertz CT molecular complexity index is 1710. The van der Waals surface area contributed by atoms with Gasteiger partial charge in [-0.25, -0.2) is 4.99 Å². The maximum atomic E-state index is 10.5. The fourth-order valence-electron chi connectivity index (χ4n) is 5.29. The molecular weight excluding hydrogens is 506 g/mol. The standard InChI is InChI=1S/C36H29N3O2/c1-40-30-19-16-29(17-20-30)34-32-21-18-28-14-8-9-15-31(28)35(32)41-36(33(34)22-37)38-25-39(23-26-10-4-2-5-11-26)24-27-12-6-3-7-13-27/h2-21,25,34H,23-24H2,1H3/t34-/m0/s1. The average molecular weight is 536 g/mol. The predicted octanol–water partition coefficient (Wildman–Crippen LogP) is 7.84. The number of nitriles is 1. The van der Waals surface area contributed by atoms with E-state index >= 15 is 0 Å². The maximum Gasteiger partial charge on any atom is 0.235 e. The van der Waals surface area contributed by atoms with E-state index in [-0.39, 0.29) is 5.92 Å². The summed E-state index contributed by atoms with van der Waals surface area (Å²) >= 11 is 0. The summed E-state index contributed by atoms with van der Waals surface area (Å²) in [5.41, 5.74) is 4.71. The molecule has 1 atom stereocenters. The van der Waals surface area contributed by atoms with Gasteiger partial charge in [-0.15, -0.1) is 0 Å². The average Bonchev–Trinajstić information content (AvgIpc) is 3.04. The molecule has 0 unspecified atom stereocenters. The van der Waals surface area contributed by atoms with Gasteiger partial charge in [0.1, 0.15) is 23.1 Å². The van der Waals surface area contributed by atoms with Crippen LogP contribution in [0.4, 0.5) is 0 Å². The molecule has 1 aliphatic heterocycles. The minimum Gasteiger partial charge on any atom is -0.497 e. The third-order valence-electron chi connectivity index (χ3n) is 7.30. The Morgan fingerprint density at radius 3 is 2.07 bits per heavy atom. The van der Waals surface area contributed by atoms with Gasteiger partial charge in [-0.1, -0.05) is 109 Å². The number of hydrogen-bond acceptors (Lipinski definition) is 4. The van der Waals surface area contributed by atoms with Crippen LogP contribution in [0.2, 0.25) is 0 Å². The van der Waals surface area contributed by atoms with Crippen LogP contribution in [0.15, 0.2) is 138 Å². The van der Waals surface area contributed by atoms with Gasteiger partial charge in [0.2, 0.25) is 5.88 Å². The summed E-state index contributed by atoms with van der Waals surface area (Å²) in [5, 5.41) is 12.5. The first-order valence-corrected chi connectivity index (χ1v) is 13.6. The van der Waals surface area contributed by atoms with Crippen LogP contribution in [-0.2, 0) is 13.1 Å². The van der Waals surface area contributed by atoms with E-state index in [4.69, 9.17) is 14.5 Å². The van der Waals surface area contributed by atoms with Gasteiger partial charge in [0.15, 0.2) is 0 Å². The summed E-state index contributed by atoms with van der Waals surface area (Å²) in [6, 6.07) is 43.1. The van der Waals surface area contributed by atoms with Gasteiger partial charge in [0.05, 0.1) is 19.4 Å². The zero-order valence-corrected chi connectivity index (χ0v) is 22.8. The van der Waals surface area contributed by atoms with Crippen molar-refractivity contribution in [1.82, 2.24) is 4.90 Å². The highest BCUT2D eigenvalue weighted by molar-refractivity contribution is 5.91. The second-order valence-electron chi connectivity index (χ2n) is 9.96. The van der Waals surface area contributed by atoms with Crippen molar-refractivity contribution in [2.75, 3.05) is 7.11 Å². The quantitative estimate of drug-likeness (QED) is 0.150. The van der Waals surface area contributed by atoms with Crippen molar-refractivity contribution in [1.29, 1.82) is 5.26 Å². The van der Waals surface area contributed by atoms with Gasteiger partial charge in [-0.05, 0) is 34.2 Å². The van der Waals surface area contributed by atoms with Crippen LogP contribution in [0.1, 0.15) is 28.2 Å². The van der Waals surface area contributed by atoms with Crippen LogP contribution in [0.25, 0.3) is 10.8 Å². The molecule has 5 aromatic carbocycles. The molecule has 0 N–H and O–H groups in total. The topological polar surface area (TPSA) is 57.8 Å². The molecule has 0 saturated heterocycles. The molecule has 5 heteroatoms. The van der Waals surface area contributed by atoms with E-state index in [1.165, 1.54) is 11.1 Å². The molecule has 0 aliphatic carbocycles. The normalized spacial score (nSPS) is 14.4. The lowest BCUT2D eigenvalue weighted by molar-refractivity contribution is 0.387. The van der Waals surface area contributed by atoms with Gasteiger partial charge in [-0.3, -0.25) is 0 Å². The largest absolute Gasteiger partial charge is 0.497 e. The van der Waals surface area contributed by atoms with Crippen LogP contribution < -0.4 is 9.47 Å². The number of allylic oxidation sites excluding steroid dienone is 1. The molecule has 0 aromatic heterocycles. The Morgan fingerprint density at radius 1 is 0.805 bits per heavy atom. The number of methoxy groups -OCH3 is 1. The van der Waals surface area contributed by atoms with Crippen LogP contribution in [-0.4, -0.2) is 18.3 Å². The van der Waals surface area contributed by atoms with E-state index in [1.807, 2.05) is 72.8 Å². The molecule has 0 bridgehead atoms. The van der Waals surface area contributed by atoms with E-state index in [9.17, 15) is 5.26 Å². The van der Waals surface area contributed by atoms with Crippen LogP contribution >= 0.6 is 0 Å². The van der Waals surface area contributed by atoms with E-state index < -0.39 is 0 Å². The second kappa shape index (κ2) is 11.8. The van der Waals surface area contributed by atoms with Crippen molar-refractivity contribution in [3.63, 3.8) is 0 Å². The van der Waals surface area contributed by atoms with Gasteiger partial charge in [-0.2, -0.15) is 5.26 Å². The minimum atomic E-state index is -0.330.